The molecule has 5 heteroatoms. The van der Waals surface area contributed by atoms with Crippen molar-refractivity contribution < 1.29 is 9.59 Å². The third-order valence-corrected chi connectivity index (χ3v) is 4.99. The van der Waals surface area contributed by atoms with E-state index in [1.807, 2.05) is 47.2 Å². The van der Waals surface area contributed by atoms with Gasteiger partial charge >= 0.3 is 0 Å². The Morgan fingerprint density at radius 1 is 1.22 bits per heavy atom. The Morgan fingerprint density at radius 2 is 1.91 bits per heavy atom. The van der Waals surface area contributed by atoms with Crippen molar-refractivity contribution in [1.82, 2.24) is 15.1 Å². The minimum absolute atomic E-state index is 0.0947. The molecule has 0 spiro atoms. The zero-order valence-electron chi connectivity index (χ0n) is 13.7. The Balaban J connectivity index is 1.56. The molecule has 1 aromatic carbocycles. The van der Waals surface area contributed by atoms with E-state index in [1.165, 1.54) is 0 Å². The molecule has 23 heavy (non-hydrogen) atoms. The van der Waals surface area contributed by atoms with Gasteiger partial charge in [0.2, 0.25) is 11.8 Å². The smallest absolute Gasteiger partial charge is 0.227 e. The molecule has 0 aromatic heterocycles. The second-order valence-corrected chi connectivity index (χ2v) is 6.55. The topological polar surface area (TPSA) is 52.7 Å². The Hall–Kier alpha value is -1.88. The van der Waals surface area contributed by atoms with Gasteiger partial charge in [-0.25, -0.2) is 0 Å². The zero-order chi connectivity index (χ0) is 16.2. The first-order valence-electron chi connectivity index (χ1n) is 8.45. The summed E-state index contributed by atoms with van der Waals surface area (Å²) in [5.74, 6) is 0.0816. The molecule has 0 bridgehead atoms. The fourth-order valence-corrected chi connectivity index (χ4v) is 3.54. The normalized spacial score (nSPS) is 22.7. The molecule has 2 fully saturated rings. The van der Waals surface area contributed by atoms with Gasteiger partial charge in [-0.3, -0.25) is 9.59 Å². The molecule has 2 amide bonds. The molecule has 3 rings (SSSR count). The van der Waals surface area contributed by atoms with Gasteiger partial charge in [-0.05, 0) is 25.5 Å². The lowest BCUT2D eigenvalue weighted by Crippen LogP contribution is -2.46. The van der Waals surface area contributed by atoms with E-state index in [9.17, 15) is 9.59 Å². The largest absolute Gasteiger partial charge is 0.342 e. The average molecular weight is 315 g/mol. The van der Waals surface area contributed by atoms with Crippen molar-refractivity contribution >= 4 is 11.8 Å². The highest BCUT2D eigenvalue weighted by Crippen LogP contribution is 2.23. The van der Waals surface area contributed by atoms with Crippen LogP contribution >= 0.6 is 0 Å². The molecule has 2 aliphatic rings. The number of likely N-dealkylation sites (tertiary alicyclic amines) is 2. The number of nitrogens with one attached hydrogen (secondary N) is 1. The molecule has 1 aromatic rings. The first-order chi connectivity index (χ1) is 11.2. The van der Waals surface area contributed by atoms with Gasteiger partial charge in [0.1, 0.15) is 0 Å². The number of carbonyl (C=O) groups is 2. The van der Waals surface area contributed by atoms with Crippen molar-refractivity contribution in [3.8, 4) is 0 Å². The third kappa shape index (κ3) is 3.72. The van der Waals surface area contributed by atoms with E-state index in [1.54, 1.807) is 0 Å². The lowest BCUT2D eigenvalue weighted by Gasteiger charge is -2.33. The van der Waals surface area contributed by atoms with E-state index in [0.717, 1.165) is 31.5 Å². The van der Waals surface area contributed by atoms with Crippen LogP contribution in [0.5, 0.6) is 0 Å². The van der Waals surface area contributed by atoms with Crippen LogP contribution in [-0.4, -0.2) is 54.3 Å². The quantitative estimate of drug-likeness (QED) is 0.910. The highest BCUT2D eigenvalue weighted by atomic mass is 16.2. The summed E-state index contributed by atoms with van der Waals surface area (Å²) in [5, 5.41) is 3.27. The van der Waals surface area contributed by atoms with Crippen molar-refractivity contribution in [2.24, 2.45) is 5.92 Å². The lowest BCUT2D eigenvalue weighted by molar-refractivity contribution is -0.136. The van der Waals surface area contributed by atoms with Crippen LogP contribution in [0.3, 0.4) is 0 Å². The van der Waals surface area contributed by atoms with Gasteiger partial charge in [-0.15, -0.1) is 0 Å². The molecule has 0 saturated carbocycles. The summed E-state index contributed by atoms with van der Waals surface area (Å²) >= 11 is 0. The van der Waals surface area contributed by atoms with Gasteiger partial charge in [0.25, 0.3) is 0 Å². The minimum atomic E-state index is -0.169. The van der Waals surface area contributed by atoms with Crippen LogP contribution in [0.15, 0.2) is 30.3 Å². The predicted octanol–water partition coefficient (Wildman–Crippen LogP) is 1.25. The second-order valence-electron chi connectivity index (χ2n) is 6.55. The van der Waals surface area contributed by atoms with Gasteiger partial charge < -0.3 is 15.1 Å². The van der Waals surface area contributed by atoms with Crippen molar-refractivity contribution in [3.05, 3.63) is 35.9 Å². The Bertz CT molecular complexity index is 553. The molecule has 1 atom stereocenters. The van der Waals surface area contributed by atoms with E-state index >= 15 is 0 Å². The number of benzene rings is 1. The fraction of sp³-hybridized carbons (Fsp3) is 0.556. The summed E-state index contributed by atoms with van der Waals surface area (Å²) in [5.41, 5.74) is 1.11. The number of rotatable bonds is 4. The molecule has 0 aliphatic carbocycles. The molecule has 124 valence electrons. The second kappa shape index (κ2) is 7.13. The minimum Gasteiger partial charge on any atom is -0.342 e. The monoisotopic (exact) mass is 315 g/mol. The van der Waals surface area contributed by atoms with Crippen LogP contribution in [0.1, 0.15) is 24.8 Å². The number of hydrogen-bond donors (Lipinski definition) is 1. The van der Waals surface area contributed by atoms with Crippen LogP contribution in [-0.2, 0) is 16.1 Å². The zero-order valence-corrected chi connectivity index (χ0v) is 13.7. The maximum Gasteiger partial charge on any atom is 0.227 e. The summed E-state index contributed by atoms with van der Waals surface area (Å²) in [6.07, 6.45) is 2.35. The van der Waals surface area contributed by atoms with Gasteiger partial charge in [-0.2, -0.15) is 0 Å². The van der Waals surface area contributed by atoms with Crippen molar-refractivity contribution in [1.29, 1.82) is 0 Å². The SMILES string of the molecule is CNC1CCN(C(=O)C2CC(=O)N(Cc3ccccc3)C2)CC1. The van der Waals surface area contributed by atoms with Gasteiger partial charge in [-0.1, -0.05) is 30.3 Å². The summed E-state index contributed by atoms with van der Waals surface area (Å²) in [6, 6.07) is 10.5. The molecule has 2 heterocycles. The van der Waals surface area contributed by atoms with E-state index in [4.69, 9.17) is 0 Å². The molecular weight excluding hydrogens is 290 g/mol. The Labute approximate surface area is 137 Å². The number of piperidine rings is 1. The van der Waals surface area contributed by atoms with Crippen LogP contribution in [0.25, 0.3) is 0 Å². The molecule has 2 saturated heterocycles. The summed E-state index contributed by atoms with van der Waals surface area (Å²) in [6.45, 7) is 2.76. The van der Waals surface area contributed by atoms with Crippen LogP contribution in [0, 0.1) is 5.92 Å². The highest BCUT2D eigenvalue weighted by Gasteiger charge is 2.37. The summed E-state index contributed by atoms with van der Waals surface area (Å²) in [7, 11) is 1.97. The first kappa shape index (κ1) is 16.0. The van der Waals surface area contributed by atoms with Crippen molar-refractivity contribution in [3.63, 3.8) is 0 Å². The third-order valence-electron chi connectivity index (χ3n) is 4.99. The number of amides is 2. The maximum atomic E-state index is 12.7. The Morgan fingerprint density at radius 3 is 2.57 bits per heavy atom. The van der Waals surface area contributed by atoms with E-state index < -0.39 is 0 Å². The van der Waals surface area contributed by atoms with E-state index in [2.05, 4.69) is 5.32 Å². The molecule has 0 radical (unpaired) electrons. The van der Waals surface area contributed by atoms with Crippen LogP contribution < -0.4 is 5.32 Å². The van der Waals surface area contributed by atoms with Crippen molar-refractivity contribution in [2.45, 2.75) is 31.8 Å². The molecule has 2 aliphatic heterocycles. The van der Waals surface area contributed by atoms with E-state index in [0.29, 0.717) is 25.6 Å². The molecular formula is C18H25N3O2. The van der Waals surface area contributed by atoms with Crippen molar-refractivity contribution in [2.75, 3.05) is 26.7 Å². The van der Waals surface area contributed by atoms with Gasteiger partial charge in [0.05, 0.1) is 5.92 Å². The highest BCUT2D eigenvalue weighted by molar-refractivity contribution is 5.89. The standard InChI is InChI=1S/C18H25N3O2/c1-19-16-7-9-20(10-8-16)18(23)15-11-17(22)21(13-15)12-14-5-3-2-4-6-14/h2-6,15-16,19H,7-13H2,1H3. The first-order valence-corrected chi connectivity index (χ1v) is 8.45. The van der Waals surface area contributed by atoms with Crippen LogP contribution in [0.4, 0.5) is 0 Å². The van der Waals surface area contributed by atoms with Crippen LogP contribution in [0.2, 0.25) is 0 Å². The summed E-state index contributed by atoms with van der Waals surface area (Å²) < 4.78 is 0. The summed E-state index contributed by atoms with van der Waals surface area (Å²) in [4.78, 5) is 28.6. The maximum absolute atomic E-state index is 12.7. The fourth-order valence-electron chi connectivity index (χ4n) is 3.54. The molecule has 5 nitrogen and oxygen atoms in total. The van der Waals surface area contributed by atoms with Gasteiger partial charge in [0.15, 0.2) is 0 Å². The number of nitrogens with zero attached hydrogens (tertiary/aromatic N) is 2. The molecule has 1 unspecified atom stereocenters. The predicted molar refractivity (Wildman–Crippen MR) is 88.6 cm³/mol. The number of hydrogen-bond acceptors (Lipinski definition) is 3. The lowest BCUT2D eigenvalue weighted by atomic mass is 10.0. The van der Waals surface area contributed by atoms with E-state index in [-0.39, 0.29) is 17.7 Å². The Kier molecular flexibility index (Phi) is 4.96. The molecule has 1 N–H and O–H groups in total. The van der Waals surface area contributed by atoms with Gasteiger partial charge in [0, 0.05) is 38.6 Å². The average Bonchev–Trinajstić information content (AvgIpc) is 2.96. The number of carbonyl (C=O) groups excluding carboxylic acids is 2.